The molecule has 0 fully saturated rings. The summed E-state index contributed by atoms with van der Waals surface area (Å²) in [4.78, 5) is 8.14. The molecule has 1 N–H and O–H groups in total. The number of hydrogen-bond donors (Lipinski definition) is 1. The van der Waals surface area contributed by atoms with E-state index in [2.05, 4.69) is 66.6 Å². The number of aromatic amines is 1. The smallest absolute Gasteiger partial charge is 0.0708 e. The van der Waals surface area contributed by atoms with Crippen LogP contribution in [0.4, 0.5) is 0 Å². The Morgan fingerprint density at radius 3 is 2.62 bits per heavy atom. The van der Waals surface area contributed by atoms with Crippen LogP contribution in [0.25, 0.3) is 21.8 Å². The summed E-state index contributed by atoms with van der Waals surface area (Å²) < 4.78 is 0. The van der Waals surface area contributed by atoms with Crippen LogP contribution in [0.15, 0.2) is 60.8 Å². The van der Waals surface area contributed by atoms with Crippen LogP contribution in [-0.4, -0.2) is 9.97 Å². The zero-order valence-corrected chi connectivity index (χ0v) is 11.9. The largest absolute Gasteiger partial charge is 0.361 e. The molecule has 0 spiro atoms. The van der Waals surface area contributed by atoms with E-state index in [0.29, 0.717) is 0 Å². The second kappa shape index (κ2) is 4.74. The predicted molar refractivity (Wildman–Crippen MR) is 87.6 cm³/mol. The van der Waals surface area contributed by atoms with Crippen LogP contribution in [-0.2, 0) is 6.42 Å². The summed E-state index contributed by atoms with van der Waals surface area (Å²) in [6.45, 7) is 2.16. The zero-order chi connectivity index (χ0) is 14.2. The minimum Gasteiger partial charge on any atom is -0.361 e. The van der Waals surface area contributed by atoms with Crippen molar-refractivity contribution < 1.29 is 0 Å². The van der Waals surface area contributed by atoms with Crippen LogP contribution in [0.3, 0.4) is 0 Å². The molecule has 2 nitrogen and oxygen atoms in total. The lowest BCUT2D eigenvalue weighted by molar-refractivity contribution is 1.10. The molecule has 21 heavy (non-hydrogen) atoms. The Labute approximate surface area is 123 Å². The topological polar surface area (TPSA) is 28.7 Å². The first kappa shape index (κ1) is 12.2. The highest BCUT2D eigenvalue weighted by Crippen LogP contribution is 2.23. The van der Waals surface area contributed by atoms with Crippen molar-refractivity contribution in [3.05, 3.63) is 77.6 Å². The quantitative estimate of drug-likeness (QED) is 0.567. The number of hydrogen-bond acceptors (Lipinski definition) is 1. The Hall–Kier alpha value is -2.61. The van der Waals surface area contributed by atoms with Crippen LogP contribution in [0, 0.1) is 6.92 Å². The van der Waals surface area contributed by atoms with Gasteiger partial charge in [-0.3, -0.25) is 4.98 Å². The number of nitrogens with one attached hydrogen (secondary N) is 1. The van der Waals surface area contributed by atoms with Gasteiger partial charge >= 0.3 is 0 Å². The molecular weight excluding hydrogens is 256 g/mol. The van der Waals surface area contributed by atoms with Crippen molar-refractivity contribution >= 4 is 21.8 Å². The maximum atomic E-state index is 4.80. The molecule has 0 aliphatic carbocycles. The van der Waals surface area contributed by atoms with Crippen molar-refractivity contribution in [3.63, 3.8) is 0 Å². The number of nitrogens with zero attached hydrogens (tertiary/aromatic N) is 1. The molecule has 4 aromatic rings. The number of fused-ring (bicyclic) bond motifs is 2. The Bertz CT molecular complexity index is 935. The highest BCUT2D eigenvalue weighted by molar-refractivity contribution is 5.84. The monoisotopic (exact) mass is 272 g/mol. The fourth-order valence-corrected chi connectivity index (χ4v) is 2.98. The minimum atomic E-state index is 0.857. The minimum absolute atomic E-state index is 0.857. The van der Waals surface area contributed by atoms with Gasteiger partial charge in [0.1, 0.15) is 0 Å². The van der Waals surface area contributed by atoms with E-state index < -0.39 is 0 Å². The van der Waals surface area contributed by atoms with E-state index in [1.54, 1.807) is 0 Å². The SMILES string of the molecule is Cc1cc(Cc2c[nH]c3ccccc23)nc2ccccc12. The third kappa shape index (κ3) is 2.09. The van der Waals surface area contributed by atoms with Crippen molar-refractivity contribution in [3.8, 4) is 0 Å². The summed E-state index contributed by atoms with van der Waals surface area (Å²) in [5, 5.41) is 2.52. The first-order valence-electron chi connectivity index (χ1n) is 7.21. The summed E-state index contributed by atoms with van der Waals surface area (Å²) in [6, 6.07) is 18.9. The normalized spacial score (nSPS) is 11.3. The molecule has 4 rings (SSSR count). The van der Waals surface area contributed by atoms with Crippen LogP contribution in [0.1, 0.15) is 16.8 Å². The van der Waals surface area contributed by atoms with E-state index in [1.165, 1.54) is 27.4 Å². The average molecular weight is 272 g/mol. The van der Waals surface area contributed by atoms with Crippen molar-refractivity contribution in [2.24, 2.45) is 0 Å². The first-order valence-corrected chi connectivity index (χ1v) is 7.21. The second-order valence-corrected chi connectivity index (χ2v) is 5.48. The molecule has 0 aliphatic rings. The number of aromatic nitrogens is 2. The van der Waals surface area contributed by atoms with Crippen LogP contribution in [0.2, 0.25) is 0 Å². The number of rotatable bonds is 2. The van der Waals surface area contributed by atoms with Gasteiger partial charge in [0, 0.05) is 34.6 Å². The Balaban J connectivity index is 1.80. The van der Waals surface area contributed by atoms with Crippen LogP contribution < -0.4 is 0 Å². The van der Waals surface area contributed by atoms with Gasteiger partial charge < -0.3 is 4.98 Å². The predicted octanol–water partition coefficient (Wildman–Crippen LogP) is 4.62. The molecule has 2 heterocycles. The van der Waals surface area contributed by atoms with Gasteiger partial charge in [-0.25, -0.2) is 0 Å². The molecule has 0 saturated heterocycles. The van der Waals surface area contributed by atoms with E-state index in [1.807, 2.05) is 6.07 Å². The number of aryl methyl sites for hydroxylation is 1. The highest BCUT2D eigenvalue weighted by atomic mass is 14.7. The Morgan fingerprint density at radius 1 is 0.952 bits per heavy atom. The maximum Gasteiger partial charge on any atom is 0.0708 e. The molecule has 2 aromatic heterocycles. The van der Waals surface area contributed by atoms with Gasteiger partial charge in [0.25, 0.3) is 0 Å². The molecule has 0 aliphatic heterocycles. The lowest BCUT2D eigenvalue weighted by atomic mass is 10.0. The summed E-state index contributed by atoms with van der Waals surface area (Å²) in [5.41, 5.74) is 5.97. The number of pyridine rings is 1. The van der Waals surface area contributed by atoms with Crippen molar-refractivity contribution in [2.75, 3.05) is 0 Å². The van der Waals surface area contributed by atoms with Crippen LogP contribution >= 0.6 is 0 Å². The van der Waals surface area contributed by atoms with Crippen LogP contribution in [0.5, 0.6) is 0 Å². The van der Waals surface area contributed by atoms with Gasteiger partial charge in [-0.15, -0.1) is 0 Å². The lowest BCUT2D eigenvalue weighted by Gasteiger charge is -2.06. The molecule has 0 unspecified atom stereocenters. The van der Waals surface area contributed by atoms with Gasteiger partial charge in [-0.2, -0.15) is 0 Å². The van der Waals surface area contributed by atoms with Crippen molar-refractivity contribution in [1.82, 2.24) is 9.97 Å². The lowest BCUT2D eigenvalue weighted by Crippen LogP contribution is -1.94. The number of benzene rings is 2. The Morgan fingerprint density at radius 2 is 1.71 bits per heavy atom. The first-order chi connectivity index (χ1) is 10.3. The standard InChI is InChI=1S/C19H16N2/c1-13-10-15(21-19-9-5-2-6-16(13)19)11-14-12-20-18-8-4-3-7-17(14)18/h2-10,12,20H,11H2,1H3. The van der Waals surface area contributed by atoms with Crippen molar-refractivity contribution in [2.45, 2.75) is 13.3 Å². The van der Waals surface area contributed by atoms with Gasteiger partial charge in [-0.1, -0.05) is 36.4 Å². The molecular formula is C19H16N2. The number of para-hydroxylation sites is 2. The third-order valence-electron chi connectivity index (χ3n) is 4.02. The van der Waals surface area contributed by atoms with Crippen molar-refractivity contribution in [1.29, 1.82) is 0 Å². The van der Waals surface area contributed by atoms with E-state index in [9.17, 15) is 0 Å². The maximum absolute atomic E-state index is 4.80. The second-order valence-electron chi connectivity index (χ2n) is 5.48. The van der Waals surface area contributed by atoms with Gasteiger partial charge in [-0.05, 0) is 36.2 Å². The van der Waals surface area contributed by atoms with E-state index in [4.69, 9.17) is 4.98 Å². The van der Waals surface area contributed by atoms with Gasteiger partial charge in [0.2, 0.25) is 0 Å². The summed E-state index contributed by atoms with van der Waals surface area (Å²) >= 11 is 0. The highest BCUT2D eigenvalue weighted by Gasteiger charge is 2.07. The molecule has 0 saturated carbocycles. The van der Waals surface area contributed by atoms with Gasteiger partial charge in [0.05, 0.1) is 5.52 Å². The fourth-order valence-electron chi connectivity index (χ4n) is 2.98. The molecule has 0 atom stereocenters. The summed E-state index contributed by atoms with van der Waals surface area (Å²) in [5.74, 6) is 0. The molecule has 0 amide bonds. The summed E-state index contributed by atoms with van der Waals surface area (Å²) in [7, 11) is 0. The molecule has 2 heteroatoms. The molecule has 102 valence electrons. The fraction of sp³-hybridized carbons (Fsp3) is 0.105. The molecule has 0 bridgehead atoms. The van der Waals surface area contributed by atoms with Gasteiger partial charge in [0.15, 0.2) is 0 Å². The van der Waals surface area contributed by atoms with E-state index >= 15 is 0 Å². The Kier molecular flexibility index (Phi) is 2.74. The third-order valence-corrected chi connectivity index (χ3v) is 4.02. The molecule has 0 radical (unpaired) electrons. The molecule has 2 aromatic carbocycles. The van der Waals surface area contributed by atoms with E-state index in [-0.39, 0.29) is 0 Å². The summed E-state index contributed by atoms with van der Waals surface area (Å²) in [6.07, 6.45) is 2.95. The average Bonchev–Trinajstić information content (AvgIpc) is 2.91. The van der Waals surface area contributed by atoms with E-state index in [0.717, 1.165) is 17.6 Å². The zero-order valence-electron chi connectivity index (χ0n) is 11.9. The number of H-pyrrole nitrogens is 1.